The zero-order chi connectivity index (χ0) is 20.8. The summed E-state index contributed by atoms with van der Waals surface area (Å²) in [6, 6.07) is 7.79. The van der Waals surface area contributed by atoms with Gasteiger partial charge in [0.15, 0.2) is 6.10 Å². The number of rotatable bonds is 6. The standard InChI is InChI=1S/C20H20F2N2O4/c1-11-4-5-14(8-12(11)2)20(27)23-10-18(25)28-13(3)19(26)24-17-7-6-15(21)9-16(17)22/h4-9,13H,10H2,1-3H3,(H,23,27)(H,24,26)/t13-/m0/s1. The van der Waals surface area contributed by atoms with Crippen molar-refractivity contribution in [2.24, 2.45) is 0 Å². The van der Waals surface area contributed by atoms with Crippen LogP contribution in [-0.4, -0.2) is 30.4 Å². The Kier molecular flexibility index (Phi) is 6.81. The number of esters is 1. The van der Waals surface area contributed by atoms with Crippen LogP contribution in [0.2, 0.25) is 0 Å². The summed E-state index contributed by atoms with van der Waals surface area (Å²) in [6.07, 6.45) is -1.24. The molecule has 0 saturated carbocycles. The summed E-state index contributed by atoms with van der Waals surface area (Å²) in [7, 11) is 0. The maximum atomic E-state index is 13.6. The molecule has 2 N–H and O–H groups in total. The molecule has 0 aliphatic rings. The van der Waals surface area contributed by atoms with Gasteiger partial charge in [0.25, 0.3) is 11.8 Å². The molecule has 6 nitrogen and oxygen atoms in total. The van der Waals surface area contributed by atoms with Crippen LogP contribution >= 0.6 is 0 Å². The molecule has 2 rings (SSSR count). The number of anilines is 1. The molecule has 0 radical (unpaired) electrons. The Labute approximate surface area is 160 Å². The maximum Gasteiger partial charge on any atom is 0.326 e. The van der Waals surface area contributed by atoms with E-state index in [-0.39, 0.29) is 5.69 Å². The van der Waals surface area contributed by atoms with E-state index in [0.29, 0.717) is 11.6 Å². The van der Waals surface area contributed by atoms with E-state index in [9.17, 15) is 23.2 Å². The second kappa shape index (κ2) is 9.07. The summed E-state index contributed by atoms with van der Waals surface area (Å²) in [4.78, 5) is 35.9. The fourth-order valence-electron chi connectivity index (χ4n) is 2.25. The second-order valence-electron chi connectivity index (χ2n) is 6.23. The fraction of sp³-hybridized carbons (Fsp3) is 0.250. The topological polar surface area (TPSA) is 84.5 Å². The average Bonchev–Trinajstić information content (AvgIpc) is 2.64. The van der Waals surface area contributed by atoms with Crippen LogP contribution in [0.5, 0.6) is 0 Å². The summed E-state index contributed by atoms with van der Waals surface area (Å²) < 4.78 is 31.3. The van der Waals surface area contributed by atoms with Crippen molar-refractivity contribution in [2.75, 3.05) is 11.9 Å². The first-order valence-corrected chi connectivity index (χ1v) is 8.48. The zero-order valence-corrected chi connectivity index (χ0v) is 15.6. The fourth-order valence-corrected chi connectivity index (χ4v) is 2.25. The molecule has 0 spiro atoms. The number of hydrogen-bond donors (Lipinski definition) is 2. The molecule has 1 atom stereocenters. The zero-order valence-electron chi connectivity index (χ0n) is 15.6. The second-order valence-corrected chi connectivity index (χ2v) is 6.23. The molecule has 2 aromatic rings. The highest BCUT2D eigenvalue weighted by atomic mass is 19.1. The molecule has 28 heavy (non-hydrogen) atoms. The van der Waals surface area contributed by atoms with Crippen LogP contribution in [0.1, 0.15) is 28.4 Å². The lowest BCUT2D eigenvalue weighted by atomic mass is 10.1. The molecule has 0 heterocycles. The van der Waals surface area contributed by atoms with Crippen LogP contribution in [0.4, 0.5) is 14.5 Å². The summed E-state index contributed by atoms with van der Waals surface area (Å²) in [5, 5.41) is 4.61. The van der Waals surface area contributed by atoms with E-state index in [1.54, 1.807) is 18.2 Å². The van der Waals surface area contributed by atoms with Gasteiger partial charge >= 0.3 is 5.97 Å². The lowest BCUT2D eigenvalue weighted by molar-refractivity contribution is -0.152. The molecule has 0 aliphatic heterocycles. The smallest absolute Gasteiger partial charge is 0.326 e. The van der Waals surface area contributed by atoms with Gasteiger partial charge in [-0.3, -0.25) is 14.4 Å². The van der Waals surface area contributed by atoms with Crippen molar-refractivity contribution in [3.05, 3.63) is 64.7 Å². The van der Waals surface area contributed by atoms with Crippen LogP contribution in [0.15, 0.2) is 36.4 Å². The molecular formula is C20H20F2N2O4. The lowest BCUT2D eigenvalue weighted by Gasteiger charge is -2.14. The third-order valence-corrected chi connectivity index (χ3v) is 4.03. The molecule has 2 amide bonds. The van der Waals surface area contributed by atoms with Gasteiger partial charge in [-0.1, -0.05) is 6.07 Å². The third kappa shape index (κ3) is 5.60. The van der Waals surface area contributed by atoms with Crippen LogP contribution in [-0.2, 0) is 14.3 Å². The Bertz CT molecular complexity index is 915. The lowest BCUT2D eigenvalue weighted by Crippen LogP contribution is -2.36. The molecule has 0 unspecified atom stereocenters. The first kappa shape index (κ1) is 21.0. The monoisotopic (exact) mass is 390 g/mol. The average molecular weight is 390 g/mol. The normalized spacial score (nSPS) is 11.5. The minimum absolute atomic E-state index is 0.239. The first-order chi connectivity index (χ1) is 13.2. The van der Waals surface area contributed by atoms with Crippen molar-refractivity contribution >= 4 is 23.5 Å². The minimum atomic E-state index is -1.24. The first-order valence-electron chi connectivity index (χ1n) is 8.48. The van der Waals surface area contributed by atoms with Crippen LogP contribution in [0, 0.1) is 25.5 Å². The molecule has 0 aliphatic carbocycles. The maximum absolute atomic E-state index is 13.6. The number of hydrogen-bond acceptors (Lipinski definition) is 4. The number of aryl methyl sites for hydroxylation is 2. The Morgan fingerprint density at radius 3 is 2.39 bits per heavy atom. The Morgan fingerprint density at radius 2 is 1.75 bits per heavy atom. The third-order valence-electron chi connectivity index (χ3n) is 4.03. The molecule has 0 saturated heterocycles. The summed E-state index contributed by atoms with van der Waals surface area (Å²) in [5.41, 5.74) is 2.13. The molecule has 2 aromatic carbocycles. The van der Waals surface area contributed by atoms with E-state index >= 15 is 0 Å². The predicted molar refractivity (Wildman–Crippen MR) is 98.8 cm³/mol. The Balaban J connectivity index is 1.85. The van der Waals surface area contributed by atoms with Gasteiger partial charge < -0.3 is 15.4 Å². The van der Waals surface area contributed by atoms with Gasteiger partial charge in [0.05, 0.1) is 5.69 Å². The number of carbonyl (C=O) groups excluding carboxylic acids is 3. The van der Waals surface area contributed by atoms with Gasteiger partial charge in [0.1, 0.15) is 18.2 Å². The van der Waals surface area contributed by atoms with Gasteiger partial charge in [0.2, 0.25) is 0 Å². The van der Waals surface area contributed by atoms with E-state index in [4.69, 9.17) is 4.74 Å². The van der Waals surface area contributed by atoms with Crippen LogP contribution < -0.4 is 10.6 Å². The van der Waals surface area contributed by atoms with Crippen molar-refractivity contribution in [3.63, 3.8) is 0 Å². The van der Waals surface area contributed by atoms with Gasteiger partial charge in [0, 0.05) is 11.6 Å². The highest BCUT2D eigenvalue weighted by Crippen LogP contribution is 2.15. The van der Waals surface area contributed by atoms with Crippen molar-refractivity contribution in [2.45, 2.75) is 26.9 Å². The van der Waals surface area contributed by atoms with Gasteiger partial charge in [-0.15, -0.1) is 0 Å². The largest absolute Gasteiger partial charge is 0.451 e. The molecule has 8 heteroatoms. The van der Waals surface area contributed by atoms with E-state index in [1.165, 1.54) is 6.92 Å². The predicted octanol–water partition coefficient (Wildman–Crippen LogP) is 2.88. The number of nitrogens with one attached hydrogen (secondary N) is 2. The number of amides is 2. The number of benzene rings is 2. The summed E-state index contributed by atoms with van der Waals surface area (Å²) in [6.45, 7) is 4.64. The van der Waals surface area contributed by atoms with Gasteiger partial charge in [-0.05, 0) is 56.2 Å². The van der Waals surface area contributed by atoms with Crippen LogP contribution in [0.25, 0.3) is 0 Å². The summed E-state index contributed by atoms with van der Waals surface area (Å²) in [5.74, 6) is -3.81. The number of ether oxygens (including phenoxy) is 1. The Morgan fingerprint density at radius 1 is 1.04 bits per heavy atom. The highest BCUT2D eigenvalue weighted by molar-refractivity contribution is 5.97. The van der Waals surface area contributed by atoms with Crippen molar-refractivity contribution in [3.8, 4) is 0 Å². The van der Waals surface area contributed by atoms with Gasteiger partial charge in [-0.25, -0.2) is 8.78 Å². The SMILES string of the molecule is Cc1ccc(C(=O)NCC(=O)O[C@@H](C)C(=O)Nc2ccc(F)cc2F)cc1C. The van der Waals surface area contributed by atoms with Crippen molar-refractivity contribution in [1.82, 2.24) is 5.32 Å². The van der Waals surface area contributed by atoms with E-state index < -0.39 is 42.1 Å². The molecule has 0 fully saturated rings. The quantitative estimate of drug-likeness (QED) is 0.743. The molecule has 0 bridgehead atoms. The van der Waals surface area contributed by atoms with E-state index in [1.807, 2.05) is 13.8 Å². The van der Waals surface area contributed by atoms with E-state index in [0.717, 1.165) is 23.3 Å². The molecule has 148 valence electrons. The molecular weight excluding hydrogens is 370 g/mol. The number of halogens is 2. The van der Waals surface area contributed by atoms with Gasteiger partial charge in [-0.2, -0.15) is 0 Å². The summed E-state index contributed by atoms with van der Waals surface area (Å²) >= 11 is 0. The molecule has 0 aromatic heterocycles. The van der Waals surface area contributed by atoms with Crippen molar-refractivity contribution in [1.29, 1.82) is 0 Å². The number of carbonyl (C=O) groups is 3. The Hall–Kier alpha value is -3.29. The van der Waals surface area contributed by atoms with Crippen molar-refractivity contribution < 1.29 is 27.9 Å². The highest BCUT2D eigenvalue weighted by Gasteiger charge is 2.20. The van der Waals surface area contributed by atoms with E-state index in [2.05, 4.69) is 10.6 Å². The minimum Gasteiger partial charge on any atom is -0.451 e. The van der Waals surface area contributed by atoms with Crippen LogP contribution in [0.3, 0.4) is 0 Å².